The molecule has 4 rings (SSSR count). The Hall–Kier alpha value is -2.01. The Morgan fingerprint density at radius 1 is 1.17 bits per heavy atom. The first-order valence-corrected chi connectivity index (χ1v) is 12.1. The van der Waals surface area contributed by atoms with Gasteiger partial charge in [-0.25, -0.2) is 18.4 Å². The minimum atomic E-state index is -3.28. The second kappa shape index (κ2) is 8.26. The lowest BCUT2D eigenvalue weighted by Gasteiger charge is -2.43. The molecule has 30 heavy (non-hydrogen) atoms. The van der Waals surface area contributed by atoms with Crippen LogP contribution in [0.1, 0.15) is 12.8 Å². The Bertz CT molecular complexity index is 1010. The predicted octanol–water partition coefficient (Wildman–Crippen LogP) is 0.547. The van der Waals surface area contributed by atoms with Crippen LogP contribution in [0.3, 0.4) is 0 Å². The van der Waals surface area contributed by atoms with Crippen molar-refractivity contribution in [3.8, 4) is 5.88 Å². The van der Waals surface area contributed by atoms with Gasteiger partial charge in [-0.1, -0.05) is 0 Å². The molecule has 1 N–H and O–H groups in total. The molecule has 0 amide bonds. The van der Waals surface area contributed by atoms with Crippen LogP contribution in [-0.4, -0.2) is 97.5 Å². The number of β-amino-alcohol motifs (C(OH)–C–C–N with tert-alkyl or cyclic N) is 1. The van der Waals surface area contributed by atoms with Gasteiger partial charge in [0, 0.05) is 51.5 Å². The summed E-state index contributed by atoms with van der Waals surface area (Å²) in [5.41, 5.74) is 0.950. The molecule has 1 aromatic carbocycles. The Morgan fingerprint density at radius 2 is 1.93 bits per heavy atom. The molecule has 1 aromatic heterocycles. The average molecular weight is 436 g/mol. The number of piperidine rings is 1. The van der Waals surface area contributed by atoms with Crippen molar-refractivity contribution in [3.05, 3.63) is 24.5 Å². The van der Waals surface area contributed by atoms with Crippen molar-refractivity contribution in [1.82, 2.24) is 19.2 Å². The van der Waals surface area contributed by atoms with Gasteiger partial charge in [-0.3, -0.25) is 4.90 Å². The maximum Gasteiger partial charge on any atom is 0.224 e. The first-order chi connectivity index (χ1) is 14.3. The summed E-state index contributed by atoms with van der Waals surface area (Å²) in [6, 6.07) is 6.09. The molecule has 9 nitrogen and oxygen atoms in total. The van der Waals surface area contributed by atoms with Crippen LogP contribution in [0.15, 0.2) is 24.5 Å². The number of aromatic nitrogens is 2. The van der Waals surface area contributed by atoms with Gasteiger partial charge in [-0.05, 0) is 31.0 Å². The largest absolute Gasteiger partial charge is 0.480 e. The molecule has 2 saturated heterocycles. The minimum absolute atomic E-state index is 0.177. The lowest BCUT2D eigenvalue weighted by molar-refractivity contribution is -0.0355. The Morgan fingerprint density at radius 3 is 2.63 bits per heavy atom. The SMILES string of the molecule is COc1ncnc2ccc(N3CCN(CC4(O)CCCN(S(C)(=O)=O)C4)CC3)cc12. The molecule has 0 aliphatic carbocycles. The van der Waals surface area contributed by atoms with Gasteiger partial charge in [0.05, 0.1) is 29.9 Å². The Kier molecular flexibility index (Phi) is 5.84. The van der Waals surface area contributed by atoms with E-state index in [0.717, 1.165) is 42.8 Å². The molecular weight excluding hydrogens is 406 g/mol. The summed E-state index contributed by atoms with van der Waals surface area (Å²) in [4.78, 5) is 13.0. The number of methoxy groups -OCH3 is 1. The van der Waals surface area contributed by atoms with Gasteiger partial charge in [-0.15, -0.1) is 0 Å². The van der Waals surface area contributed by atoms with E-state index in [1.807, 2.05) is 6.07 Å². The van der Waals surface area contributed by atoms with E-state index in [9.17, 15) is 13.5 Å². The minimum Gasteiger partial charge on any atom is -0.480 e. The van der Waals surface area contributed by atoms with Crippen LogP contribution in [0, 0.1) is 0 Å². The highest BCUT2D eigenvalue weighted by Gasteiger charge is 2.38. The number of sulfonamides is 1. The van der Waals surface area contributed by atoms with E-state index in [2.05, 4.69) is 31.9 Å². The summed E-state index contributed by atoms with van der Waals surface area (Å²) in [6.45, 7) is 4.43. The van der Waals surface area contributed by atoms with Crippen molar-refractivity contribution in [2.45, 2.75) is 18.4 Å². The number of nitrogens with zero attached hydrogens (tertiary/aromatic N) is 5. The lowest BCUT2D eigenvalue weighted by atomic mass is 9.93. The summed E-state index contributed by atoms with van der Waals surface area (Å²) in [6.07, 6.45) is 4.02. The third-order valence-electron chi connectivity index (χ3n) is 6.02. The second-order valence-electron chi connectivity index (χ2n) is 8.27. The van der Waals surface area contributed by atoms with Crippen LogP contribution in [-0.2, 0) is 10.0 Å². The van der Waals surface area contributed by atoms with E-state index in [-0.39, 0.29) is 6.54 Å². The fourth-order valence-electron chi connectivity index (χ4n) is 4.44. The summed E-state index contributed by atoms with van der Waals surface area (Å²) in [5.74, 6) is 0.565. The van der Waals surface area contributed by atoms with Gasteiger partial charge in [0.15, 0.2) is 0 Å². The third kappa shape index (κ3) is 4.51. The summed E-state index contributed by atoms with van der Waals surface area (Å²) in [5, 5.41) is 11.9. The van der Waals surface area contributed by atoms with E-state index >= 15 is 0 Å². The fourth-order valence-corrected chi connectivity index (χ4v) is 5.38. The summed E-state index contributed by atoms with van der Waals surface area (Å²) < 4.78 is 30.5. The molecule has 2 fully saturated rings. The standard InChI is InChI=1S/C20H29N5O4S/c1-29-19-17-12-16(4-5-18(17)21-15-22-19)24-10-8-23(9-11-24)13-20(26)6-3-7-25(14-20)30(2,27)28/h4-5,12,15,26H,3,6-11,13-14H2,1-2H3. The fraction of sp³-hybridized carbons (Fsp3) is 0.600. The molecule has 164 valence electrons. The van der Waals surface area contributed by atoms with Gasteiger partial charge in [0.1, 0.15) is 6.33 Å². The molecule has 2 aliphatic rings. The zero-order valence-corrected chi connectivity index (χ0v) is 18.3. The van der Waals surface area contributed by atoms with Crippen LogP contribution in [0.25, 0.3) is 10.9 Å². The van der Waals surface area contributed by atoms with E-state index in [1.165, 1.54) is 16.9 Å². The molecule has 0 bridgehead atoms. The normalized spacial score (nSPS) is 24.3. The van der Waals surface area contributed by atoms with Crippen molar-refractivity contribution in [1.29, 1.82) is 0 Å². The van der Waals surface area contributed by atoms with Crippen molar-refractivity contribution >= 4 is 26.6 Å². The Balaban J connectivity index is 1.40. The van der Waals surface area contributed by atoms with Gasteiger partial charge < -0.3 is 14.7 Å². The van der Waals surface area contributed by atoms with Crippen LogP contribution < -0.4 is 9.64 Å². The second-order valence-corrected chi connectivity index (χ2v) is 10.3. The molecule has 1 unspecified atom stereocenters. The number of rotatable bonds is 5. The van der Waals surface area contributed by atoms with Gasteiger partial charge >= 0.3 is 0 Å². The smallest absolute Gasteiger partial charge is 0.224 e. The van der Waals surface area contributed by atoms with Crippen molar-refractivity contribution in [2.24, 2.45) is 0 Å². The highest BCUT2D eigenvalue weighted by atomic mass is 32.2. The molecule has 3 heterocycles. The van der Waals surface area contributed by atoms with Crippen LogP contribution >= 0.6 is 0 Å². The number of anilines is 1. The van der Waals surface area contributed by atoms with E-state index < -0.39 is 15.6 Å². The molecule has 1 atom stereocenters. The zero-order valence-electron chi connectivity index (χ0n) is 17.5. The van der Waals surface area contributed by atoms with Crippen molar-refractivity contribution < 1.29 is 18.3 Å². The van der Waals surface area contributed by atoms with E-state index in [0.29, 0.717) is 31.8 Å². The van der Waals surface area contributed by atoms with Gasteiger partial charge in [-0.2, -0.15) is 4.31 Å². The maximum atomic E-state index is 11.9. The first kappa shape index (κ1) is 21.2. The van der Waals surface area contributed by atoms with Crippen LogP contribution in [0.2, 0.25) is 0 Å². The number of piperazine rings is 1. The monoisotopic (exact) mass is 435 g/mol. The van der Waals surface area contributed by atoms with E-state index in [4.69, 9.17) is 4.74 Å². The third-order valence-corrected chi connectivity index (χ3v) is 7.27. The average Bonchev–Trinajstić information content (AvgIpc) is 2.72. The molecule has 0 radical (unpaired) electrons. The zero-order chi connectivity index (χ0) is 21.4. The summed E-state index contributed by atoms with van der Waals surface area (Å²) >= 11 is 0. The molecule has 0 saturated carbocycles. The number of hydrogen-bond acceptors (Lipinski definition) is 8. The quantitative estimate of drug-likeness (QED) is 0.727. The first-order valence-electron chi connectivity index (χ1n) is 10.2. The summed E-state index contributed by atoms with van der Waals surface area (Å²) in [7, 11) is -1.67. The molecule has 2 aliphatic heterocycles. The molecule has 2 aromatic rings. The number of ether oxygens (including phenoxy) is 1. The predicted molar refractivity (Wildman–Crippen MR) is 115 cm³/mol. The lowest BCUT2D eigenvalue weighted by Crippen LogP contribution is -2.58. The van der Waals surface area contributed by atoms with Crippen LogP contribution in [0.4, 0.5) is 5.69 Å². The number of benzene rings is 1. The van der Waals surface area contributed by atoms with E-state index in [1.54, 1.807) is 7.11 Å². The van der Waals surface area contributed by atoms with Crippen molar-refractivity contribution in [3.63, 3.8) is 0 Å². The van der Waals surface area contributed by atoms with Crippen molar-refractivity contribution in [2.75, 3.05) is 64.1 Å². The Labute approximate surface area is 177 Å². The molecule has 0 spiro atoms. The molecular formula is C20H29N5O4S. The molecule has 10 heteroatoms. The van der Waals surface area contributed by atoms with Gasteiger partial charge in [0.2, 0.25) is 15.9 Å². The number of fused-ring (bicyclic) bond motifs is 1. The maximum absolute atomic E-state index is 11.9. The topological polar surface area (TPSA) is 99.1 Å². The number of hydrogen-bond donors (Lipinski definition) is 1. The van der Waals surface area contributed by atoms with Crippen LogP contribution in [0.5, 0.6) is 5.88 Å². The van der Waals surface area contributed by atoms with Gasteiger partial charge in [0.25, 0.3) is 0 Å². The number of aliphatic hydroxyl groups is 1. The highest BCUT2D eigenvalue weighted by molar-refractivity contribution is 7.88. The highest BCUT2D eigenvalue weighted by Crippen LogP contribution is 2.28.